The van der Waals surface area contributed by atoms with Gasteiger partial charge in [-0.3, -0.25) is 14.9 Å². The van der Waals surface area contributed by atoms with Crippen LogP contribution in [-0.4, -0.2) is 29.4 Å². The van der Waals surface area contributed by atoms with Crippen molar-refractivity contribution in [2.75, 3.05) is 18.6 Å². The summed E-state index contributed by atoms with van der Waals surface area (Å²) in [5.74, 6) is 1.01. The third kappa shape index (κ3) is 4.50. The lowest BCUT2D eigenvalue weighted by Crippen LogP contribution is -2.29. The molecular formula is C12H15BrN2O3S. The van der Waals surface area contributed by atoms with Crippen molar-refractivity contribution in [3.63, 3.8) is 0 Å². The largest absolute Gasteiger partial charge is 0.352 e. The molecule has 104 valence electrons. The Hall–Kier alpha value is -1.08. The van der Waals surface area contributed by atoms with Crippen LogP contribution in [0, 0.1) is 16.0 Å². The molecule has 1 unspecified atom stereocenters. The van der Waals surface area contributed by atoms with Gasteiger partial charge in [0.2, 0.25) is 0 Å². The minimum atomic E-state index is -0.517. The third-order valence-corrected chi connectivity index (χ3v) is 4.22. The van der Waals surface area contributed by atoms with Gasteiger partial charge in [0, 0.05) is 12.6 Å². The average molecular weight is 347 g/mol. The van der Waals surface area contributed by atoms with Crippen molar-refractivity contribution in [1.82, 2.24) is 5.32 Å². The van der Waals surface area contributed by atoms with E-state index in [1.165, 1.54) is 12.1 Å². The number of rotatable bonds is 6. The summed E-state index contributed by atoms with van der Waals surface area (Å²) in [6, 6.07) is 4.42. The molecular weight excluding hydrogens is 332 g/mol. The van der Waals surface area contributed by atoms with Crippen LogP contribution in [0.4, 0.5) is 5.69 Å². The van der Waals surface area contributed by atoms with Crippen LogP contribution in [0.15, 0.2) is 22.7 Å². The Bertz CT molecular complexity index is 482. The van der Waals surface area contributed by atoms with E-state index in [0.29, 0.717) is 12.5 Å². The van der Waals surface area contributed by atoms with Crippen molar-refractivity contribution in [3.05, 3.63) is 38.3 Å². The number of halogens is 1. The van der Waals surface area contributed by atoms with Gasteiger partial charge in [0.05, 0.1) is 10.5 Å². The summed E-state index contributed by atoms with van der Waals surface area (Å²) in [4.78, 5) is 22.3. The van der Waals surface area contributed by atoms with E-state index in [1.54, 1.807) is 17.8 Å². The summed E-state index contributed by atoms with van der Waals surface area (Å²) in [5, 5.41) is 13.6. The Balaban J connectivity index is 2.78. The number of benzene rings is 1. The molecule has 0 spiro atoms. The second-order valence-electron chi connectivity index (χ2n) is 4.17. The number of hydrogen-bond donors (Lipinski definition) is 1. The van der Waals surface area contributed by atoms with E-state index in [4.69, 9.17) is 0 Å². The van der Waals surface area contributed by atoms with Crippen molar-refractivity contribution in [2.45, 2.75) is 6.92 Å². The fourth-order valence-corrected chi connectivity index (χ4v) is 2.82. The van der Waals surface area contributed by atoms with Gasteiger partial charge in [-0.05, 0) is 39.9 Å². The Morgan fingerprint density at radius 2 is 2.26 bits per heavy atom. The van der Waals surface area contributed by atoms with Crippen molar-refractivity contribution in [3.8, 4) is 0 Å². The zero-order valence-electron chi connectivity index (χ0n) is 10.7. The highest BCUT2D eigenvalue weighted by molar-refractivity contribution is 9.10. The smallest absolute Gasteiger partial charge is 0.284 e. The Kier molecular flexibility index (Phi) is 6.30. The fraction of sp³-hybridized carbons (Fsp3) is 0.417. The van der Waals surface area contributed by atoms with Crippen LogP contribution in [0.25, 0.3) is 0 Å². The number of amides is 1. The normalized spacial score (nSPS) is 11.9. The van der Waals surface area contributed by atoms with Gasteiger partial charge in [0.1, 0.15) is 4.47 Å². The number of nitrogens with one attached hydrogen (secondary N) is 1. The van der Waals surface area contributed by atoms with Crippen molar-refractivity contribution in [1.29, 1.82) is 0 Å². The molecule has 0 aliphatic carbocycles. The summed E-state index contributed by atoms with van der Waals surface area (Å²) in [7, 11) is 0. The molecule has 0 saturated carbocycles. The van der Waals surface area contributed by atoms with Gasteiger partial charge in [0.15, 0.2) is 0 Å². The topological polar surface area (TPSA) is 72.2 Å². The molecule has 5 nitrogen and oxygen atoms in total. The summed E-state index contributed by atoms with van der Waals surface area (Å²) in [6.45, 7) is 2.59. The standard InChI is InChI=1S/C12H15BrN2O3S/c1-8(7-19-2)6-14-12(16)9-4-3-5-10(11(9)13)15(17)18/h3-5,8H,6-7H2,1-2H3,(H,14,16). The van der Waals surface area contributed by atoms with E-state index in [2.05, 4.69) is 21.2 Å². The predicted octanol–water partition coefficient (Wildman–Crippen LogP) is 3.09. The lowest BCUT2D eigenvalue weighted by atomic mass is 10.1. The second kappa shape index (κ2) is 7.49. The number of thioether (sulfide) groups is 1. The number of hydrogen-bond acceptors (Lipinski definition) is 4. The molecule has 0 heterocycles. The molecule has 0 aliphatic heterocycles. The summed E-state index contributed by atoms with van der Waals surface area (Å²) in [5.41, 5.74) is 0.176. The van der Waals surface area contributed by atoms with Gasteiger partial charge < -0.3 is 5.32 Å². The zero-order valence-corrected chi connectivity index (χ0v) is 13.1. The Labute approximate surface area is 124 Å². The first kappa shape index (κ1) is 16.0. The fourth-order valence-electron chi connectivity index (χ4n) is 1.54. The minimum Gasteiger partial charge on any atom is -0.352 e. The maximum Gasteiger partial charge on any atom is 0.284 e. The summed E-state index contributed by atoms with van der Waals surface area (Å²) >= 11 is 4.83. The lowest BCUT2D eigenvalue weighted by Gasteiger charge is -2.11. The molecule has 1 aromatic rings. The van der Waals surface area contributed by atoms with Crippen molar-refractivity contribution >= 4 is 39.3 Å². The molecule has 1 aromatic carbocycles. The molecule has 0 bridgehead atoms. The number of carbonyl (C=O) groups excluding carboxylic acids is 1. The molecule has 0 aromatic heterocycles. The highest BCUT2D eigenvalue weighted by atomic mass is 79.9. The van der Waals surface area contributed by atoms with Crippen molar-refractivity contribution in [2.24, 2.45) is 5.92 Å². The molecule has 0 aliphatic rings. The molecule has 0 fully saturated rings. The third-order valence-electron chi connectivity index (χ3n) is 2.48. The highest BCUT2D eigenvalue weighted by Gasteiger charge is 2.19. The monoisotopic (exact) mass is 346 g/mol. The van der Waals surface area contributed by atoms with Crippen molar-refractivity contribution < 1.29 is 9.72 Å². The quantitative estimate of drug-likeness (QED) is 0.634. The first-order valence-electron chi connectivity index (χ1n) is 5.67. The van der Waals surface area contributed by atoms with Crippen LogP contribution in [0.5, 0.6) is 0 Å². The van der Waals surface area contributed by atoms with Gasteiger partial charge in [-0.15, -0.1) is 0 Å². The summed E-state index contributed by atoms with van der Waals surface area (Å²) < 4.78 is 0.218. The van der Waals surface area contributed by atoms with E-state index in [9.17, 15) is 14.9 Å². The van der Waals surface area contributed by atoms with E-state index >= 15 is 0 Å². The van der Waals surface area contributed by atoms with Gasteiger partial charge in [-0.25, -0.2) is 0 Å². The molecule has 1 atom stereocenters. The SMILES string of the molecule is CSCC(C)CNC(=O)c1cccc([N+](=O)[O-])c1Br. The van der Waals surface area contributed by atoms with Gasteiger partial charge in [0.25, 0.3) is 11.6 Å². The van der Waals surface area contributed by atoms with E-state index < -0.39 is 4.92 Å². The number of nitro benzene ring substituents is 1. The predicted molar refractivity (Wildman–Crippen MR) is 80.7 cm³/mol. The minimum absolute atomic E-state index is 0.107. The number of carbonyl (C=O) groups is 1. The maximum atomic E-state index is 12.0. The lowest BCUT2D eigenvalue weighted by molar-refractivity contribution is -0.385. The number of nitro groups is 1. The van der Waals surface area contributed by atoms with Gasteiger partial charge in [-0.2, -0.15) is 11.8 Å². The van der Waals surface area contributed by atoms with Crippen LogP contribution in [0.1, 0.15) is 17.3 Å². The van der Waals surface area contributed by atoms with Crippen LogP contribution in [0.3, 0.4) is 0 Å². The highest BCUT2D eigenvalue weighted by Crippen LogP contribution is 2.28. The Morgan fingerprint density at radius 3 is 2.84 bits per heavy atom. The molecule has 1 rings (SSSR count). The van der Waals surface area contributed by atoms with Gasteiger partial charge in [-0.1, -0.05) is 13.0 Å². The van der Waals surface area contributed by atoms with Crippen LogP contribution < -0.4 is 5.32 Å². The van der Waals surface area contributed by atoms with Crippen LogP contribution in [-0.2, 0) is 0 Å². The van der Waals surface area contributed by atoms with E-state index in [1.807, 2.05) is 13.2 Å². The number of nitrogens with zero attached hydrogens (tertiary/aromatic N) is 1. The second-order valence-corrected chi connectivity index (χ2v) is 5.87. The van der Waals surface area contributed by atoms with Gasteiger partial charge >= 0.3 is 0 Å². The van der Waals surface area contributed by atoms with Crippen LogP contribution in [0.2, 0.25) is 0 Å². The molecule has 7 heteroatoms. The van der Waals surface area contributed by atoms with Crippen LogP contribution >= 0.6 is 27.7 Å². The zero-order chi connectivity index (χ0) is 14.4. The maximum absolute atomic E-state index is 12.0. The molecule has 0 radical (unpaired) electrons. The average Bonchev–Trinajstić information content (AvgIpc) is 2.36. The first-order valence-corrected chi connectivity index (χ1v) is 7.86. The van der Waals surface area contributed by atoms with E-state index in [-0.39, 0.29) is 21.6 Å². The Morgan fingerprint density at radius 1 is 1.58 bits per heavy atom. The summed E-state index contributed by atoms with van der Waals surface area (Å²) in [6.07, 6.45) is 2.01. The molecule has 19 heavy (non-hydrogen) atoms. The van der Waals surface area contributed by atoms with E-state index in [0.717, 1.165) is 5.75 Å². The molecule has 1 N–H and O–H groups in total. The first-order chi connectivity index (χ1) is 8.97. The molecule has 1 amide bonds. The molecule has 0 saturated heterocycles.